The molecule has 478 valence electrons. The van der Waals surface area contributed by atoms with E-state index >= 15 is 19.2 Å². The maximum absolute atomic E-state index is 15.7. The van der Waals surface area contributed by atoms with Crippen LogP contribution in [0.15, 0.2) is 36.4 Å². The van der Waals surface area contributed by atoms with Crippen LogP contribution in [0.5, 0.6) is 0 Å². The fourth-order valence-corrected chi connectivity index (χ4v) is 14.4. The third-order valence-electron chi connectivity index (χ3n) is 19.6. The molecule has 0 bridgehead atoms. The van der Waals surface area contributed by atoms with Crippen molar-refractivity contribution in [1.29, 1.82) is 0 Å². The Balaban J connectivity index is 1.18. The summed E-state index contributed by atoms with van der Waals surface area (Å²) in [5.41, 5.74) is 1.54. The molecule has 8 amide bonds. The van der Waals surface area contributed by atoms with E-state index in [0.717, 1.165) is 103 Å². The molecule has 12 nitrogen and oxygen atoms in total. The molecule has 0 N–H and O–H groups in total. The molecular formula is C76H106N4O8. The van der Waals surface area contributed by atoms with E-state index in [2.05, 4.69) is 27.7 Å². The van der Waals surface area contributed by atoms with Gasteiger partial charge in [0.05, 0.1) is 11.1 Å². The van der Waals surface area contributed by atoms with Crippen molar-refractivity contribution < 1.29 is 38.4 Å². The number of amides is 8. The fraction of sp³-hybridized carbons (Fsp3) is 0.632. The van der Waals surface area contributed by atoms with Gasteiger partial charge in [-0.2, -0.15) is 0 Å². The molecule has 4 aromatic rings. The summed E-state index contributed by atoms with van der Waals surface area (Å²) >= 11 is 0. The summed E-state index contributed by atoms with van der Waals surface area (Å²) in [6.45, 7) is 9.52. The first kappa shape index (κ1) is 67.9. The van der Waals surface area contributed by atoms with Crippen LogP contribution >= 0.6 is 0 Å². The minimum Gasteiger partial charge on any atom is -0.274 e. The van der Waals surface area contributed by atoms with Gasteiger partial charge in [0.15, 0.2) is 0 Å². The largest absolute Gasteiger partial charge is 0.274 e. The van der Waals surface area contributed by atoms with Gasteiger partial charge in [-0.05, 0) is 73.2 Å². The Labute approximate surface area is 527 Å². The molecule has 8 rings (SSSR count). The zero-order valence-corrected chi connectivity index (χ0v) is 54.6. The van der Waals surface area contributed by atoms with E-state index in [9.17, 15) is 19.2 Å². The SMILES string of the molecule is CCCCCCCCCCCCN1C(=O)c2ccc3c4c(c(-c5cc6c7c(ccc8c7c5C(=O)N(CCCCCCCCCCCC)C8=O)C(=O)N(CCCCCCCCCCCC)C6=O)cc(c24)C1=O)C(=O)N(CCCCCCCCCCCC)C3=O. The summed E-state index contributed by atoms with van der Waals surface area (Å²) in [5.74, 6) is -4.33. The first-order valence-corrected chi connectivity index (χ1v) is 35.7. The van der Waals surface area contributed by atoms with Gasteiger partial charge in [-0.3, -0.25) is 58.0 Å². The number of rotatable bonds is 45. The second-order valence-electron chi connectivity index (χ2n) is 26.3. The smallest absolute Gasteiger partial charge is 0.262 e. The van der Waals surface area contributed by atoms with Crippen LogP contribution in [0.25, 0.3) is 32.7 Å². The Morgan fingerprint density at radius 3 is 0.614 bits per heavy atom. The van der Waals surface area contributed by atoms with Gasteiger partial charge in [-0.15, -0.1) is 0 Å². The van der Waals surface area contributed by atoms with E-state index in [0.29, 0.717) is 25.7 Å². The van der Waals surface area contributed by atoms with Crippen molar-refractivity contribution in [1.82, 2.24) is 19.6 Å². The zero-order chi connectivity index (χ0) is 62.4. The van der Waals surface area contributed by atoms with Crippen molar-refractivity contribution in [3.05, 3.63) is 80.9 Å². The van der Waals surface area contributed by atoms with E-state index in [4.69, 9.17) is 0 Å². The minimum absolute atomic E-state index is 0.0685. The number of hydrogen-bond acceptors (Lipinski definition) is 8. The van der Waals surface area contributed by atoms with E-state index in [-0.39, 0.29) is 103 Å². The maximum Gasteiger partial charge on any atom is 0.262 e. The van der Waals surface area contributed by atoms with Crippen LogP contribution in [0, 0.1) is 0 Å². The minimum atomic E-state index is -0.611. The van der Waals surface area contributed by atoms with Gasteiger partial charge >= 0.3 is 0 Å². The highest BCUT2D eigenvalue weighted by atomic mass is 16.2. The third-order valence-corrected chi connectivity index (χ3v) is 19.6. The van der Waals surface area contributed by atoms with Gasteiger partial charge in [-0.1, -0.05) is 259 Å². The lowest BCUT2D eigenvalue weighted by Gasteiger charge is -2.35. The highest BCUT2D eigenvalue weighted by molar-refractivity contribution is 6.38. The van der Waals surface area contributed by atoms with Crippen LogP contribution in [0.1, 0.15) is 367 Å². The molecule has 0 saturated heterocycles. The van der Waals surface area contributed by atoms with Crippen LogP contribution in [0.3, 0.4) is 0 Å². The van der Waals surface area contributed by atoms with Crippen molar-refractivity contribution in [3.8, 4) is 11.1 Å². The molecule has 0 atom stereocenters. The lowest BCUT2D eigenvalue weighted by molar-refractivity contribution is 0.0585. The molecule has 0 fully saturated rings. The van der Waals surface area contributed by atoms with Gasteiger partial charge < -0.3 is 0 Å². The molecule has 4 aliphatic rings. The highest BCUT2D eigenvalue weighted by Gasteiger charge is 2.45. The Hall–Kier alpha value is -6.04. The predicted octanol–water partition coefficient (Wildman–Crippen LogP) is 19.7. The molecule has 4 heterocycles. The van der Waals surface area contributed by atoms with Crippen LogP contribution in [0.2, 0.25) is 0 Å². The lowest BCUT2D eigenvalue weighted by Crippen LogP contribution is -2.45. The second-order valence-corrected chi connectivity index (χ2v) is 26.3. The molecule has 4 aromatic carbocycles. The van der Waals surface area contributed by atoms with Gasteiger partial charge in [0.25, 0.3) is 47.3 Å². The molecule has 0 aliphatic carbocycles. The molecule has 0 unspecified atom stereocenters. The highest BCUT2D eigenvalue weighted by Crippen LogP contribution is 2.48. The number of imide groups is 4. The van der Waals surface area contributed by atoms with Crippen LogP contribution in [0.4, 0.5) is 0 Å². The van der Waals surface area contributed by atoms with E-state index < -0.39 is 47.3 Å². The summed E-state index contributed by atoms with van der Waals surface area (Å²) in [4.78, 5) is 126. The van der Waals surface area contributed by atoms with Crippen molar-refractivity contribution in [3.63, 3.8) is 0 Å². The van der Waals surface area contributed by atoms with E-state index in [1.54, 1.807) is 36.4 Å². The summed E-state index contributed by atoms with van der Waals surface area (Å²) in [7, 11) is 0. The fourth-order valence-electron chi connectivity index (χ4n) is 14.4. The number of unbranched alkanes of at least 4 members (excludes halogenated alkanes) is 36. The normalized spacial score (nSPS) is 14.6. The first-order chi connectivity index (χ1) is 43.0. The topological polar surface area (TPSA) is 150 Å². The average Bonchev–Trinajstić information content (AvgIpc) is 0.771. The third kappa shape index (κ3) is 16.1. The van der Waals surface area contributed by atoms with Crippen molar-refractivity contribution in [2.24, 2.45) is 0 Å². The molecule has 88 heavy (non-hydrogen) atoms. The summed E-state index contributed by atoms with van der Waals surface area (Å²) in [6.07, 6.45) is 43.0. The Morgan fingerprint density at radius 2 is 0.386 bits per heavy atom. The van der Waals surface area contributed by atoms with Gasteiger partial charge in [-0.25, -0.2) is 0 Å². The summed E-state index contributed by atoms with van der Waals surface area (Å²) < 4.78 is 0. The Kier molecular flexibility index (Phi) is 26.8. The molecule has 12 heteroatoms. The van der Waals surface area contributed by atoms with Gasteiger partial charge in [0.1, 0.15) is 0 Å². The zero-order valence-electron chi connectivity index (χ0n) is 54.6. The number of carbonyl (C=O) groups excluding carboxylic acids is 8. The van der Waals surface area contributed by atoms with Crippen molar-refractivity contribution in [2.75, 3.05) is 26.2 Å². The van der Waals surface area contributed by atoms with Crippen LogP contribution in [-0.2, 0) is 0 Å². The van der Waals surface area contributed by atoms with Crippen molar-refractivity contribution in [2.45, 2.75) is 285 Å². The van der Waals surface area contributed by atoms with Gasteiger partial charge in [0, 0.05) is 81.1 Å². The number of benzene rings is 4. The number of hydrogen-bond donors (Lipinski definition) is 0. The summed E-state index contributed by atoms with van der Waals surface area (Å²) in [5, 5.41) is 0.830. The standard InChI is InChI=1S/C76H106N4O8/c1-5-9-13-17-21-25-29-33-37-41-49-77-69(81)55-45-47-57-65-63(55)61(73(77)85)53-59(67(65)75(87)79(71(57)83)51-43-39-35-31-27-23-19-15-11-7-3)60-54-62-64-56(70(82)78(74(62)86)50-42-38-34-30-26-22-18-14-10-6-2)46-48-58-66(64)68(60)76(88)80(72(58)84)52-44-40-36-32-28-24-20-16-12-8-4/h45-48,53-54H,5-44,49-52H2,1-4H3. The predicted molar refractivity (Wildman–Crippen MR) is 356 cm³/mol. The molecule has 0 aromatic heterocycles. The lowest BCUT2D eigenvalue weighted by atomic mass is 9.77. The van der Waals surface area contributed by atoms with Crippen LogP contribution < -0.4 is 0 Å². The molecule has 0 radical (unpaired) electrons. The van der Waals surface area contributed by atoms with E-state index in [1.807, 2.05) is 0 Å². The second kappa shape index (κ2) is 34.8. The molecule has 4 aliphatic heterocycles. The average molecular weight is 1200 g/mol. The number of nitrogens with zero attached hydrogens (tertiary/aromatic N) is 4. The summed E-state index contributed by atoms with van der Waals surface area (Å²) in [6, 6.07) is 9.68. The molecule has 0 spiro atoms. The molecule has 0 saturated carbocycles. The van der Waals surface area contributed by atoms with Crippen molar-refractivity contribution >= 4 is 68.8 Å². The molecular weight excluding hydrogens is 1100 g/mol. The maximum atomic E-state index is 15.7. The van der Waals surface area contributed by atoms with E-state index in [1.165, 1.54) is 148 Å². The first-order valence-electron chi connectivity index (χ1n) is 35.7. The van der Waals surface area contributed by atoms with Crippen LogP contribution in [-0.4, -0.2) is 93.0 Å². The quantitative estimate of drug-likeness (QED) is 0.0314. The van der Waals surface area contributed by atoms with Gasteiger partial charge in [0.2, 0.25) is 0 Å². The number of carbonyl (C=O) groups is 8. The monoisotopic (exact) mass is 1200 g/mol. The Bertz CT molecular complexity index is 2900. The Morgan fingerprint density at radius 1 is 0.205 bits per heavy atom.